The molecule has 0 aliphatic rings. The standard InChI is InChI=1S/C19H17BrN2O2/c1-3-16-17(19(23)24)18(13-7-9-14(20)10-8-13)21-22(16)15-6-4-5-12(2)11-15/h4-11H,3H2,1-2H3,(H,23,24). The molecule has 0 saturated heterocycles. The lowest BCUT2D eigenvalue weighted by Crippen LogP contribution is -2.05. The Morgan fingerprint density at radius 2 is 1.92 bits per heavy atom. The molecule has 1 aromatic heterocycles. The largest absolute Gasteiger partial charge is 0.478 e. The molecule has 4 nitrogen and oxygen atoms in total. The van der Waals surface area contributed by atoms with Gasteiger partial charge >= 0.3 is 5.97 Å². The topological polar surface area (TPSA) is 55.1 Å². The minimum Gasteiger partial charge on any atom is -0.478 e. The molecule has 5 heteroatoms. The third-order valence-electron chi connectivity index (χ3n) is 3.89. The third kappa shape index (κ3) is 2.99. The summed E-state index contributed by atoms with van der Waals surface area (Å²) in [4.78, 5) is 11.9. The van der Waals surface area contributed by atoms with Gasteiger partial charge in [0.1, 0.15) is 11.3 Å². The van der Waals surface area contributed by atoms with Crippen molar-refractivity contribution in [1.82, 2.24) is 9.78 Å². The average Bonchev–Trinajstić information content (AvgIpc) is 2.95. The number of carboxylic acids is 1. The summed E-state index contributed by atoms with van der Waals surface area (Å²) in [6.07, 6.45) is 0.582. The number of rotatable bonds is 4. The van der Waals surface area contributed by atoms with Gasteiger partial charge in [-0.1, -0.05) is 47.1 Å². The Morgan fingerprint density at radius 3 is 2.50 bits per heavy atom. The van der Waals surface area contributed by atoms with Gasteiger partial charge in [-0.2, -0.15) is 5.10 Å². The van der Waals surface area contributed by atoms with Crippen LogP contribution in [-0.2, 0) is 6.42 Å². The van der Waals surface area contributed by atoms with Crippen LogP contribution in [0.1, 0.15) is 28.5 Å². The summed E-state index contributed by atoms with van der Waals surface area (Å²) in [6.45, 7) is 3.95. The number of nitrogens with zero attached hydrogens (tertiary/aromatic N) is 2. The number of aromatic carboxylic acids is 1. The molecule has 122 valence electrons. The first kappa shape index (κ1) is 16.5. The van der Waals surface area contributed by atoms with E-state index in [0.717, 1.165) is 21.3 Å². The Kier molecular flexibility index (Phi) is 4.53. The smallest absolute Gasteiger partial charge is 0.339 e. The van der Waals surface area contributed by atoms with Crippen molar-refractivity contribution in [2.45, 2.75) is 20.3 Å². The maximum Gasteiger partial charge on any atom is 0.339 e. The number of carbonyl (C=O) groups is 1. The van der Waals surface area contributed by atoms with Crippen LogP contribution in [0.15, 0.2) is 53.0 Å². The highest BCUT2D eigenvalue weighted by molar-refractivity contribution is 9.10. The highest BCUT2D eigenvalue weighted by atomic mass is 79.9. The normalized spacial score (nSPS) is 10.8. The van der Waals surface area contributed by atoms with E-state index in [1.165, 1.54) is 0 Å². The molecule has 0 atom stereocenters. The molecule has 0 saturated carbocycles. The number of carboxylic acid groups (broad SMARTS) is 1. The van der Waals surface area contributed by atoms with Gasteiger partial charge in [0.05, 0.1) is 11.4 Å². The lowest BCUT2D eigenvalue weighted by molar-refractivity contribution is 0.0696. The van der Waals surface area contributed by atoms with Gasteiger partial charge in [-0.15, -0.1) is 0 Å². The monoisotopic (exact) mass is 384 g/mol. The number of hydrogen-bond donors (Lipinski definition) is 1. The van der Waals surface area contributed by atoms with E-state index in [1.807, 2.05) is 62.4 Å². The molecule has 3 aromatic rings. The van der Waals surface area contributed by atoms with Gasteiger partial charge in [0.15, 0.2) is 0 Å². The van der Waals surface area contributed by atoms with Crippen LogP contribution >= 0.6 is 15.9 Å². The summed E-state index contributed by atoms with van der Waals surface area (Å²) >= 11 is 3.40. The first-order valence-corrected chi connectivity index (χ1v) is 8.48. The molecule has 0 aliphatic carbocycles. The summed E-state index contributed by atoms with van der Waals surface area (Å²) in [5, 5.41) is 14.4. The third-order valence-corrected chi connectivity index (χ3v) is 4.42. The van der Waals surface area contributed by atoms with E-state index in [2.05, 4.69) is 21.0 Å². The number of benzene rings is 2. The Morgan fingerprint density at radius 1 is 1.21 bits per heavy atom. The molecule has 0 amide bonds. The van der Waals surface area contributed by atoms with Gasteiger partial charge in [-0.25, -0.2) is 9.48 Å². The molecule has 0 fully saturated rings. The van der Waals surface area contributed by atoms with Crippen LogP contribution in [0.25, 0.3) is 16.9 Å². The van der Waals surface area contributed by atoms with Crippen LogP contribution < -0.4 is 0 Å². The van der Waals surface area contributed by atoms with Crippen molar-refractivity contribution < 1.29 is 9.90 Å². The van der Waals surface area contributed by atoms with Gasteiger partial charge in [0.25, 0.3) is 0 Å². The fraction of sp³-hybridized carbons (Fsp3) is 0.158. The molecule has 1 heterocycles. The maximum atomic E-state index is 11.9. The van der Waals surface area contributed by atoms with E-state index in [4.69, 9.17) is 0 Å². The first-order chi connectivity index (χ1) is 11.5. The molecule has 24 heavy (non-hydrogen) atoms. The SMILES string of the molecule is CCc1c(C(=O)O)c(-c2ccc(Br)cc2)nn1-c1cccc(C)c1. The zero-order valence-electron chi connectivity index (χ0n) is 13.5. The highest BCUT2D eigenvalue weighted by Gasteiger charge is 2.24. The Hall–Kier alpha value is -2.40. The number of hydrogen-bond acceptors (Lipinski definition) is 2. The zero-order chi connectivity index (χ0) is 17.3. The molecule has 2 aromatic carbocycles. The van der Waals surface area contributed by atoms with Crippen molar-refractivity contribution in [1.29, 1.82) is 0 Å². The summed E-state index contributed by atoms with van der Waals surface area (Å²) in [5.41, 5.74) is 4.22. The summed E-state index contributed by atoms with van der Waals surface area (Å²) in [7, 11) is 0. The predicted octanol–water partition coefficient (Wildman–Crippen LogP) is 4.87. The van der Waals surface area contributed by atoms with Gasteiger partial charge in [0.2, 0.25) is 0 Å². The predicted molar refractivity (Wildman–Crippen MR) is 97.8 cm³/mol. The lowest BCUT2D eigenvalue weighted by Gasteiger charge is -2.07. The van der Waals surface area contributed by atoms with E-state index >= 15 is 0 Å². The van der Waals surface area contributed by atoms with Crippen LogP contribution in [0, 0.1) is 6.92 Å². The van der Waals surface area contributed by atoms with Crippen LogP contribution in [0.5, 0.6) is 0 Å². The fourth-order valence-corrected chi connectivity index (χ4v) is 3.05. The Labute approximate surface area is 148 Å². The number of aryl methyl sites for hydroxylation is 1. The highest BCUT2D eigenvalue weighted by Crippen LogP contribution is 2.29. The molecule has 0 radical (unpaired) electrons. The van der Waals surface area contributed by atoms with E-state index in [9.17, 15) is 9.90 Å². The first-order valence-electron chi connectivity index (χ1n) is 7.69. The van der Waals surface area contributed by atoms with Crippen molar-refractivity contribution in [3.05, 3.63) is 69.8 Å². The van der Waals surface area contributed by atoms with Crippen LogP contribution in [-0.4, -0.2) is 20.9 Å². The molecule has 0 bridgehead atoms. The molecule has 3 rings (SSSR count). The number of aromatic nitrogens is 2. The molecule has 0 aliphatic heterocycles. The van der Waals surface area contributed by atoms with Gasteiger partial charge in [-0.05, 0) is 43.2 Å². The average molecular weight is 385 g/mol. The van der Waals surface area contributed by atoms with Crippen LogP contribution in [0.2, 0.25) is 0 Å². The molecule has 0 spiro atoms. The Bertz CT molecular complexity index is 898. The van der Waals surface area contributed by atoms with Crippen LogP contribution in [0.3, 0.4) is 0 Å². The molecule has 1 N–H and O–H groups in total. The van der Waals surface area contributed by atoms with E-state index in [1.54, 1.807) is 4.68 Å². The molecular formula is C19H17BrN2O2. The van der Waals surface area contributed by atoms with Crippen molar-refractivity contribution in [3.8, 4) is 16.9 Å². The quantitative estimate of drug-likeness (QED) is 0.697. The van der Waals surface area contributed by atoms with Gasteiger partial charge < -0.3 is 5.11 Å². The van der Waals surface area contributed by atoms with Crippen molar-refractivity contribution in [3.63, 3.8) is 0 Å². The second-order valence-electron chi connectivity index (χ2n) is 5.59. The fourth-order valence-electron chi connectivity index (χ4n) is 2.79. The van der Waals surface area contributed by atoms with E-state index < -0.39 is 5.97 Å². The van der Waals surface area contributed by atoms with Gasteiger partial charge in [0, 0.05) is 10.0 Å². The van der Waals surface area contributed by atoms with E-state index in [-0.39, 0.29) is 5.56 Å². The van der Waals surface area contributed by atoms with Crippen molar-refractivity contribution in [2.24, 2.45) is 0 Å². The minimum atomic E-state index is -0.955. The summed E-state index contributed by atoms with van der Waals surface area (Å²) in [5.74, 6) is -0.955. The second-order valence-corrected chi connectivity index (χ2v) is 6.50. The minimum absolute atomic E-state index is 0.265. The van der Waals surface area contributed by atoms with Crippen molar-refractivity contribution in [2.75, 3.05) is 0 Å². The van der Waals surface area contributed by atoms with E-state index in [0.29, 0.717) is 17.8 Å². The second kappa shape index (κ2) is 6.61. The zero-order valence-corrected chi connectivity index (χ0v) is 15.0. The van der Waals surface area contributed by atoms with Gasteiger partial charge in [-0.3, -0.25) is 0 Å². The maximum absolute atomic E-state index is 11.9. The number of halogens is 1. The van der Waals surface area contributed by atoms with Crippen molar-refractivity contribution >= 4 is 21.9 Å². The summed E-state index contributed by atoms with van der Waals surface area (Å²) < 4.78 is 2.69. The lowest BCUT2D eigenvalue weighted by atomic mass is 10.0. The van der Waals surface area contributed by atoms with Crippen LogP contribution in [0.4, 0.5) is 0 Å². The molecular weight excluding hydrogens is 368 g/mol. The summed E-state index contributed by atoms with van der Waals surface area (Å²) in [6, 6.07) is 15.4. The molecule has 0 unspecified atom stereocenters. The Balaban J connectivity index is 2.26.